The summed E-state index contributed by atoms with van der Waals surface area (Å²) in [6.45, 7) is 0. The van der Waals surface area contributed by atoms with Crippen LogP contribution in [0.4, 0.5) is 0 Å². The third-order valence-electron chi connectivity index (χ3n) is 3.72. The molecule has 2 aliphatic heterocycles. The Hall–Kier alpha value is -2.32. The second-order valence-electron chi connectivity index (χ2n) is 5.23. The van der Waals surface area contributed by atoms with Crippen molar-refractivity contribution in [3.63, 3.8) is 0 Å². The number of carbonyl (C=O) groups excluding carboxylic acids is 2. The quantitative estimate of drug-likeness (QED) is 0.688. The van der Waals surface area contributed by atoms with Gasteiger partial charge in [-0.3, -0.25) is 14.5 Å². The average molecular weight is 333 g/mol. The molecule has 2 heterocycles. The van der Waals surface area contributed by atoms with Gasteiger partial charge in [0.05, 0.1) is 17.2 Å². The van der Waals surface area contributed by atoms with Crippen LogP contribution in [0.5, 0.6) is 0 Å². The van der Waals surface area contributed by atoms with E-state index in [9.17, 15) is 19.5 Å². The van der Waals surface area contributed by atoms with Gasteiger partial charge in [-0.2, -0.15) is 0 Å². The number of carboxylic acid groups (broad SMARTS) is 1. The Balaban J connectivity index is 1.72. The lowest BCUT2D eigenvalue weighted by Crippen LogP contribution is -2.56. The molecule has 1 saturated heterocycles. The lowest BCUT2D eigenvalue weighted by molar-refractivity contribution is -0.146. The van der Waals surface area contributed by atoms with E-state index in [2.05, 4.69) is 5.32 Å². The topological polar surface area (TPSA) is 113 Å². The molecule has 0 spiro atoms. The lowest BCUT2D eigenvalue weighted by Gasteiger charge is -2.44. The van der Waals surface area contributed by atoms with Gasteiger partial charge in [0.1, 0.15) is 11.7 Å². The van der Waals surface area contributed by atoms with Gasteiger partial charge in [-0.15, -0.1) is 11.8 Å². The second-order valence-corrected chi connectivity index (χ2v) is 6.56. The molecule has 2 amide bonds. The molecule has 4 N–H and O–H groups in total. The van der Waals surface area contributed by atoms with Gasteiger partial charge >= 0.3 is 5.97 Å². The zero-order valence-electron chi connectivity index (χ0n) is 12.0. The molecule has 1 aromatic carbocycles. The number of hydrogen-bond acceptors (Lipinski definition) is 5. The minimum Gasteiger partial charge on any atom is -0.477 e. The van der Waals surface area contributed by atoms with Crippen LogP contribution in [0.3, 0.4) is 0 Å². The molecule has 1 fully saturated rings. The summed E-state index contributed by atoms with van der Waals surface area (Å²) in [7, 11) is 0. The Morgan fingerprint density at radius 3 is 2.65 bits per heavy atom. The van der Waals surface area contributed by atoms with Crippen LogP contribution >= 0.6 is 11.8 Å². The smallest absolute Gasteiger partial charge is 0.352 e. The van der Waals surface area contributed by atoms with Crippen molar-refractivity contribution in [3.05, 3.63) is 47.7 Å². The Kier molecular flexibility index (Phi) is 4.10. The number of nitrogens with two attached hydrogens (primary N) is 1. The van der Waals surface area contributed by atoms with Gasteiger partial charge in [-0.25, -0.2) is 4.79 Å². The Morgan fingerprint density at radius 2 is 2.04 bits per heavy atom. The van der Waals surface area contributed by atoms with Crippen LogP contribution < -0.4 is 11.1 Å². The van der Waals surface area contributed by atoms with Gasteiger partial charge in [0.2, 0.25) is 11.8 Å². The highest BCUT2D eigenvalue weighted by Gasteiger charge is 2.45. The van der Waals surface area contributed by atoms with Crippen molar-refractivity contribution in [1.82, 2.24) is 10.2 Å². The molecule has 1 aromatic rings. The van der Waals surface area contributed by atoms with E-state index in [1.807, 2.05) is 6.07 Å². The SMILES string of the molecule is N[C@@H](C(=O)NC1C=C(C(=O)O)N2C(=O)C[C@H]2S1)c1ccccc1. The van der Waals surface area contributed by atoms with Crippen molar-refractivity contribution >= 4 is 29.5 Å². The summed E-state index contributed by atoms with van der Waals surface area (Å²) < 4.78 is 0. The van der Waals surface area contributed by atoms with E-state index in [0.29, 0.717) is 5.56 Å². The predicted molar refractivity (Wildman–Crippen MR) is 83.9 cm³/mol. The van der Waals surface area contributed by atoms with Crippen molar-refractivity contribution in [3.8, 4) is 0 Å². The van der Waals surface area contributed by atoms with Crippen molar-refractivity contribution in [2.24, 2.45) is 5.73 Å². The van der Waals surface area contributed by atoms with E-state index < -0.39 is 23.3 Å². The van der Waals surface area contributed by atoms with Crippen LogP contribution in [0.2, 0.25) is 0 Å². The normalized spacial score (nSPS) is 24.1. The summed E-state index contributed by atoms with van der Waals surface area (Å²) in [4.78, 5) is 36.3. The number of nitrogens with zero attached hydrogens (tertiary/aromatic N) is 1. The van der Waals surface area contributed by atoms with E-state index in [1.54, 1.807) is 24.3 Å². The maximum Gasteiger partial charge on any atom is 0.352 e. The molecule has 0 radical (unpaired) electrons. The van der Waals surface area contributed by atoms with Crippen molar-refractivity contribution in [2.45, 2.75) is 23.2 Å². The fourth-order valence-corrected chi connectivity index (χ4v) is 3.83. The van der Waals surface area contributed by atoms with E-state index in [-0.39, 0.29) is 23.4 Å². The van der Waals surface area contributed by atoms with Gasteiger partial charge in [-0.1, -0.05) is 30.3 Å². The van der Waals surface area contributed by atoms with E-state index in [4.69, 9.17) is 5.73 Å². The highest BCUT2D eigenvalue weighted by Crippen LogP contribution is 2.39. The molecule has 8 heteroatoms. The Morgan fingerprint density at radius 1 is 1.35 bits per heavy atom. The molecule has 1 unspecified atom stereocenters. The number of carbonyl (C=O) groups is 3. The number of benzene rings is 1. The second kappa shape index (κ2) is 6.05. The Bertz CT molecular complexity index is 691. The number of aliphatic carboxylic acids is 1. The number of hydrogen-bond donors (Lipinski definition) is 3. The fraction of sp³-hybridized carbons (Fsp3) is 0.267. The van der Waals surface area contributed by atoms with Gasteiger partial charge in [0.25, 0.3) is 0 Å². The largest absolute Gasteiger partial charge is 0.477 e. The fourth-order valence-electron chi connectivity index (χ4n) is 2.51. The number of thioether (sulfide) groups is 1. The summed E-state index contributed by atoms with van der Waals surface area (Å²) in [5, 5.41) is 11.1. The van der Waals surface area contributed by atoms with Crippen LogP contribution in [-0.2, 0) is 14.4 Å². The highest BCUT2D eigenvalue weighted by molar-refractivity contribution is 8.00. The summed E-state index contributed by atoms with van der Waals surface area (Å²) >= 11 is 1.32. The molecule has 3 atom stereocenters. The Labute approximate surface area is 136 Å². The molecular weight excluding hydrogens is 318 g/mol. The van der Waals surface area contributed by atoms with Crippen LogP contribution in [0.1, 0.15) is 18.0 Å². The van der Waals surface area contributed by atoms with Crippen LogP contribution in [0, 0.1) is 0 Å². The molecule has 0 saturated carbocycles. The van der Waals surface area contributed by atoms with Crippen molar-refractivity contribution in [1.29, 1.82) is 0 Å². The van der Waals surface area contributed by atoms with E-state index in [0.717, 1.165) is 0 Å². The van der Waals surface area contributed by atoms with Crippen LogP contribution in [-0.4, -0.2) is 38.5 Å². The summed E-state index contributed by atoms with van der Waals surface area (Å²) in [5.74, 6) is -1.80. The number of amides is 2. The van der Waals surface area contributed by atoms with Crippen molar-refractivity contribution < 1.29 is 19.5 Å². The first-order valence-corrected chi connectivity index (χ1v) is 7.95. The maximum atomic E-state index is 12.3. The molecule has 0 aliphatic carbocycles. The monoisotopic (exact) mass is 333 g/mol. The van der Waals surface area contributed by atoms with Crippen molar-refractivity contribution in [2.75, 3.05) is 0 Å². The highest BCUT2D eigenvalue weighted by atomic mass is 32.2. The number of fused-ring (bicyclic) bond motifs is 1. The van der Waals surface area contributed by atoms with Crippen LogP contribution in [0.25, 0.3) is 0 Å². The predicted octanol–water partition coefficient (Wildman–Crippen LogP) is 0.402. The average Bonchev–Trinajstić information content (AvgIpc) is 2.53. The van der Waals surface area contributed by atoms with Gasteiger partial charge < -0.3 is 16.2 Å². The maximum absolute atomic E-state index is 12.3. The van der Waals surface area contributed by atoms with E-state index in [1.165, 1.54) is 22.7 Å². The van der Waals surface area contributed by atoms with Gasteiger partial charge in [-0.05, 0) is 11.6 Å². The minimum atomic E-state index is -1.19. The molecule has 0 aromatic heterocycles. The first kappa shape index (κ1) is 15.6. The number of β-lactam (4-membered cyclic amide) rings is 1. The summed E-state index contributed by atoms with van der Waals surface area (Å²) in [5.41, 5.74) is 6.51. The minimum absolute atomic E-state index is 0.0939. The summed E-state index contributed by atoms with van der Waals surface area (Å²) in [6, 6.07) is 8.08. The zero-order chi connectivity index (χ0) is 16.6. The molecule has 2 aliphatic rings. The van der Waals surface area contributed by atoms with E-state index >= 15 is 0 Å². The molecular formula is C15H15N3O4S. The third-order valence-corrected chi connectivity index (χ3v) is 4.96. The first-order valence-electron chi connectivity index (χ1n) is 7.01. The van der Waals surface area contributed by atoms with Gasteiger partial charge in [0.15, 0.2) is 0 Å². The standard InChI is InChI=1S/C15H15N3O4S/c16-13(8-4-2-1-3-5-8)14(20)17-10-6-9(15(21)22)18-11(19)7-12(18)23-10/h1-6,10,12-13H,7,16H2,(H,17,20)(H,21,22)/t10?,12-,13-/m1/s1. The molecule has 120 valence electrons. The molecule has 7 nitrogen and oxygen atoms in total. The van der Waals surface area contributed by atoms with Crippen LogP contribution in [0.15, 0.2) is 42.1 Å². The molecule has 0 bridgehead atoms. The number of nitrogens with one attached hydrogen (secondary N) is 1. The number of rotatable bonds is 4. The summed E-state index contributed by atoms with van der Waals surface area (Å²) in [6.07, 6.45) is 1.64. The number of carboxylic acids is 1. The zero-order valence-corrected chi connectivity index (χ0v) is 12.8. The first-order chi connectivity index (χ1) is 11.0. The molecule has 3 rings (SSSR count). The third kappa shape index (κ3) is 2.95. The van der Waals surface area contributed by atoms with Gasteiger partial charge in [0, 0.05) is 0 Å². The molecule has 23 heavy (non-hydrogen) atoms. The lowest BCUT2D eigenvalue weighted by atomic mass is 10.1.